The fraction of sp³-hybridized carbons (Fsp3) is 0.278. The van der Waals surface area contributed by atoms with Crippen molar-refractivity contribution in [2.75, 3.05) is 6.61 Å². The molecule has 1 atom stereocenters. The second kappa shape index (κ2) is 13.4. The molecule has 7 nitrogen and oxygen atoms in total. The summed E-state index contributed by atoms with van der Waals surface area (Å²) < 4.78 is 62.1. The summed E-state index contributed by atoms with van der Waals surface area (Å²) in [5.41, 5.74) is 0.169. The molecule has 5 rings (SSSR count). The molecule has 0 N–H and O–H groups in total. The van der Waals surface area contributed by atoms with Crippen LogP contribution < -0.4 is 5.56 Å². The number of halogens is 4. The van der Waals surface area contributed by atoms with Gasteiger partial charge in [-0.3, -0.25) is 19.1 Å². The average Bonchev–Trinajstić information content (AvgIpc) is 3.01. The number of ether oxygens (including phenoxy) is 1. The van der Waals surface area contributed by atoms with Gasteiger partial charge in [-0.2, -0.15) is 13.2 Å². The van der Waals surface area contributed by atoms with Gasteiger partial charge in [0.15, 0.2) is 0 Å². The van der Waals surface area contributed by atoms with E-state index in [1.165, 1.54) is 9.47 Å². The van der Waals surface area contributed by atoms with Crippen LogP contribution in [0.1, 0.15) is 54.9 Å². The molecule has 0 aliphatic heterocycles. The summed E-state index contributed by atoms with van der Waals surface area (Å²) in [6.07, 6.45) is -2.14. The Balaban J connectivity index is 1.70. The summed E-state index contributed by atoms with van der Waals surface area (Å²) in [5, 5.41) is 0.373. The molecule has 0 bridgehead atoms. The van der Waals surface area contributed by atoms with Crippen molar-refractivity contribution in [3.63, 3.8) is 0 Å². The number of para-hydroxylation sites is 1. The molecule has 0 fully saturated rings. The highest BCUT2D eigenvalue weighted by Crippen LogP contribution is 2.32. The number of carbonyl (C=O) groups is 1. The minimum atomic E-state index is -4.88. The first-order chi connectivity index (χ1) is 22.2. The van der Waals surface area contributed by atoms with Crippen LogP contribution in [-0.2, 0) is 28.7 Å². The lowest BCUT2D eigenvalue weighted by molar-refractivity contribution is -0.140. The molecule has 0 saturated heterocycles. The van der Waals surface area contributed by atoms with Crippen molar-refractivity contribution in [1.29, 1.82) is 0 Å². The first kappa shape index (κ1) is 33.5. The molecule has 1 amide bonds. The van der Waals surface area contributed by atoms with Crippen molar-refractivity contribution < 1.29 is 27.1 Å². The van der Waals surface area contributed by atoms with E-state index in [4.69, 9.17) is 9.72 Å². The lowest BCUT2D eigenvalue weighted by Gasteiger charge is -2.35. The van der Waals surface area contributed by atoms with Crippen molar-refractivity contribution in [2.45, 2.75) is 58.5 Å². The lowest BCUT2D eigenvalue weighted by atomic mass is 10.1. The number of fused-ring (bicyclic) bond motifs is 1. The van der Waals surface area contributed by atoms with Crippen LogP contribution in [0.3, 0.4) is 0 Å². The zero-order chi connectivity index (χ0) is 33.9. The van der Waals surface area contributed by atoms with Crippen molar-refractivity contribution in [1.82, 2.24) is 19.4 Å². The first-order valence-electron chi connectivity index (χ1n) is 15.0. The Kier molecular flexibility index (Phi) is 9.58. The summed E-state index contributed by atoms with van der Waals surface area (Å²) in [5.74, 6) is -1.80. The summed E-state index contributed by atoms with van der Waals surface area (Å²) >= 11 is 0. The van der Waals surface area contributed by atoms with Crippen molar-refractivity contribution in [3.05, 3.63) is 136 Å². The predicted octanol–water partition coefficient (Wildman–Crippen LogP) is 7.37. The third kappa shape index (κ3) is 7.91. The molecule has 244 valence electrons. The molecule has 0 aliphatic carbocycles. The molecule has 2 heterocycles. The van der Waals surface area contributed by atoms with Crippen LogP contribution in [0.5, 0.6) is 0 Å². The number of alkyl halides is 3. The van der Waals surface area contributed by atoms with Crippen molar-refractivity contribution in [3.8, 4) is 5.69 Å². The zero-order valence-electron chi connectivity index (χ0n) is 26.4. The predicted molar refractivity (Wildman–Crippen MR) is 170 cm³/mol. The molecule has 47 heavy (non-hydrogen) atoms. The van der Waals surface area contributed by atoms with Crippen LogP contribution in [0.4, 0.5) is 17.6 Å². The quantitative estimate of drug-likeness (QED) is 0.156. The van der Waals surface area contributed by atoms with E-state index < -0.39 is 41.5 Å². The van der Waals surface area contributed by atoms with E-state index in [1.54, 1.807) is 60.9 Å². The molecule has 0 saturated carbocycles. The molecule has 1 unspecified atom stereocenters. The second-order valence-electron chi connectivity index (χ2n) is 12.3. The maximum Gasteiger partial charge on any atom is 0.419 e. The fourth-order valence-corrected chi connectivity index (χ4v) is 5.18. The van der Waals surface area contributed by atoms with Gasteiger partial charge in [0.1, 0.15) is 17.7 Å². The average molecular weight is 647 g/mol. The molecule has 11 heteroatoms. The van der Waals surface area contributed by atoms with Crippen LogP contribution in [0, 0.1) is 12.7 Å². The van der Waals surface area contributed by atoms with Crippen LogP contribution in [0.2, 0.25) is 0 Å². The first-order valence-corrected chi connectivity index (χ1v) is 15.0. The van der Waals surface area contributed by atoms with Gasteiger partial charge in [0.05, 0.1) is 40.8 Å². The number of carbonyl (C=O) groups excluding carboxylic acids is 1. The van der Waals surface area contributed by atoms with Crippen LogP contribution in [0.15, 0.2) is 96.1 Å². The Labute approximate surface area is 269 Å². The van der Waals surface area contributed by atoms with Gasteiger partial charge in [0.25, 0.3) is 5.56 Å². The number of aryl methyl sites for hydroxylation is 1. The standard InChI is InChI=1S/C36H34F4N4O3/c1-23-11-14-26(15-12-23)44-33(42-30-10-6-5-9-27(30)34(44)46)31(22-47-35(2,3)4)43(21-25-8-7-17-41-20-25)32(45)19-24-13-16-28(29(37)18-24)36(38,39)40/h5-18,20,31H,19,21-22H2,1-4H3. The van der Waals surface area contributed by atoms with E-state index >= 15 is 0 Å². The number of rotatable bonds is 9. The Bertz CT molecular complexity index is 1940. The normalized spacial score (nSPS) is 12.7. The van der Waals surface area contributed by atoms with Gasteiger partial charge in [-0.15, -0.1) is 0 Å². The number of nitrogens with zero attached hydrogens (tertiary/aromatic N) is 4. The summed E-state index contributed by atoms with van der Waals surface area (Å²) in [6, 6.07) is 19.1. The van der Waals surface area contributed by atoms with Gasteiger partial charge >= 0.3 is 6.18 Å². The maximum atomic E-state index is 14.6. The second-order valence-corrected chi connectivity index (χ2v) is 12.3. The third-order valence-electron chi connectivity index (χ3n) is 7.53. The largest absolute Gasteiger partial charge is 0.419 e. The topological polar surface area (TPSA) is 77.3 Å². The molecule has 0 radical (unpaired) electrons. The van der Waals surface area contributed by atoms with E-state index in [1.807, 2.05) is 39.8 Å². The van der Waals surface area contributed by atoms with Crippen LogP contribution >= 0.6 is 0 Å². The molecular weight excluding hydrogens is 612 g/mol. The lowest BCUT2D eigenvalue weighted by Crippen LogP contribution is -2.42. The molecular formula is C36H34F4N4O3. The van der Waals surface area contributed by atoms with Crippen molar-refractivity contribution in [2.24, 2.45) is 0 Å². The Morgan fingerprint density at radius 3 is 2.32 bits per heavy atom. The summed E-state index contributed by atoms with van der Waals surface area (Å²) in [7, 11) is 0. The van der Waals surface area contributed by atoms with Crippen molar-refractivity contribution >= 4 is 16.8 Å². The number of benzene rings is 3. The highest BCUT2D eigenvalue weighted by molar-refractivity contribution is 5.80. The smallest absolute Gasteiger partial charge is 0.373 e. The number of pyridine rings is 1. The highest BCUT2D eigenvalue weighted by Gasteiger charge is 2.35. The van der Waals surface area contributed by atoms with Gasteiger partial charge in [-0.25, -0.2) is 9.37 Å². The molecule has 3 aromatic carbocycles. The number of amides is 1. The SMILES string of the molecule is Cc1ccc(-n2c(C(COC(C)(C)C)N(Cc3cccnc3)C(=O)Cc3ccc(C(F)(F)F)c(F)c3)nc3ccccc3c2=O)cc1. The van der Waals surface area contributed by atoms with Gasteiger partial charge in [-0.05, 0) is 81.3 Å². The van der Waals surface area contributed by atoms with E-state index in [0.717, 1.165) is 17.7 Å². The van der Waals surface area contributed by atoms with E-state index in [-0.39, 0.29) is 30.1 Å². The Hall–Kier alpha value is -4.90. The maximum absolute atomic E-state index is 14.6. The zero-order valence-corrected chi connectivity index (χ0v) is 26.4. The molecule has 5 aromatic rings. The minimum absolute atomic E-state index is 0.00937. The van der Waals surface area contributed by atoms with Crippen LogP contribution in [0.25, 0.3) is 16.6 Å². The number of hydrogen-bond donors (Lipinski definition) is 0. The Morgan fingerprint density at radius 1 is 0.957 bits per heavy atom. The fourth-order valence-electron chi connectivity index (χ4n) is 5.18. The van der Waals surface area contributed by atoms with E-state index in [0.29, 0.717) is 28.2 Å². The van der Waals surface area contributed by atoms with E-state index in [9.17, 15) is 27.2 Å². The van der Waals surface area contributed by atoms with Gasteiger partial charge < -0.3 is 9.64 Å². The summed E-state index contributed by atoms with van der Waals surface area (Å²) in [6.45, 7) is 7.37. The number of hydrogen-bond acceptors (Lipinski definition) is 5. The van der Waals surface area contributed by atoms with Crippen LogP contribution in [-0.4, -0.2) is 37.6 Å². The van der Waals surface area contributed by atoms with Gasteiger partial charge in [0, 0.05) is 18.9 Å². The van der Waals surface area contributed by atoms with Gasteiger partial charge in [-0.1, -0.05) is 42.0 Å². The molecule has 0 spiro atoms. The monoisotopic (exact) mass is 646 g/mol. The molecule has 2 aromatic heterocycles. The third-order valence-corrected chi connectivity index (χ3v) is 7.53. The Morgan fingerprint density at radius 2 is 1.68 bits per heavy atom. The molecule has 0 aliphatic rings. The minimum Gasteiger partial charge on any atom is -0.373 e. The highest BCUT2D eigenvalue weighted by atomic mass is 19.4. The van der Waals surface area contributed by atoms with E-state index in [2.05, 4.69) is 4.98 Å². The summed E-state index contributed by atoms with van der Waals surface area (Å²) in [4.78, 5) is 39.0. The van der Waals surface area contributed by atoms with Gasteiger partial charge in [0.2, 0.25) is 5.91 Å². The number of aromatic nitrogens is 3.